The molecule has 0 bridgehead atoms. The summed E-state index contributed by atoms with van der Waals surface area (Å²) in [5, 5.41) is 3.46. The first-order chi connectivity index (χ1) is 9.58. The number of thioether (sulfide) groups is 1. The number of benzene rings is 1. The van der Waals surface area contributed by atoms with Crippen LogP contribution in [-0.4, -0.2) is 25.5 Å². The topological polar surface area (TPSA) is 21.3 Å². The Morgan fingerprint density at radius 1 is 1.05 bits per heavy atom. The summed E-state index contributed by atoms with van der Waals surface area (Å²) in [6.45, 7) is 12.5. The minimum absolute atomic E-state index is 0.623. The van der Waals surface area contributed by atoms with Crippen molar-refractivity contribution >= 4 is 11.8 Å². The van der Waals surface area contributed by atoms with Gasteiger partial charge in [0.25, 0.3) is 0 Å². The summed E-state index contributed by atoms with van der Waals surface area (Å²) in [5.74, 6) is 2.35. The van der Waals surface area contributed by atoms with Gasteiger partial charge in [-0.25, -0.2) is 0 Å². The van der Waals surface area contributed by atoms with Crippen molar-refractivity contribution in [3.05, 3.63) is 29.8 Å². The number of ether oxygens (including phenoxy) is 1. The smallest absolute Gasteiger partial charge is 0.0560 e. The van der Waals surface area contributed by atoms with Gasteiger partial charge < -0.3 is 10.1 Å². The Morgan fingerprint density at radius 2 is 1.75 bits per heavy atom. The van der Waals surface area contributed by atoms with E-state index in [4.69, 9.17) is 4.74 Å². The van der Waals surface area contributed by atoms with E-state index in [1.54, 1.807) is 0 Å². The summed E-state index contributed by atoms with van der Waals surface area (Å²) in [7, 11) is 0. The van der Waals surface area contributed by atoms with Gasteiger partial charge in [0.2, 0.25) is 0 Å². The number of hydrogen-bond acceptors (Lipinski definition) is 3. The molecule has 1 rings (SSSR count). The van der Waals surface area contributed by atoms with Gasteiger partial charge in [-0.2, -0.15) is 0 Å². The van der Waals surface area contributed by atoms with Crippen molar-refractivity contribution in [3.8, 4) is 0 Å². The highest BCUT2D eigenvalue weighted by Gasteiger charge is 1.98. The zero-order valence-electron chi connectivity index (χ0n) is 13.3. The first kappa shape index (κ1) is 17.5. The summed E-state index contributed by atoms with van der Waals surface area (Å²) in [6.07, 6.45) is 0. The predicted octanol–water partition coefficient (Wildman–Crippen LogP) is 4.20. The van der Waals surface area contributed by atoms with Crippen molar-refractivity contribution in [1.82, 2.24) is 5.32 Å². The molecule has 0 saturated carbocycles. The van der Waals surface area contributed by atoms with E-state index in [1.807, 2.05) is 11.8 Å². The first-order valence-electron chi connectivity index (χ1n) is 7.58. The van der Waals surface area contributed by atoms with Gasteiger partial charge in [0.1, 0.15) is 0 Å². The second kappa shape index (κ2) is 10.3. The second-order valence-electron chi connectivity index (χ2n) is 5.99. The molecule has 0 saturated heterocycles. The van der Waals surface area contributed by atoms with E-state index in [9.17, 15) is 0 Å². The molecule has 114 valence electrons. The molecule has 1 aromatic carbocycles. The number of rotatable bonds is 10. The maximum atomic E-state index is 5.59. The highest BCUT2D eigenvalue weighted by atomic mass is 32.2. The van der Waals surface area contributed by atoms with E-state index in [0.29, 0.717) is 11.8 Å². The lowest BCUT2D eigenvalue weighted by molar-refractivity contribution is 0.124. The molecule has 0 aliphatic carbocycles. The average Bonchev–Trinajstić information content (AvgIpc) is 2.39. The van der Waals surface area contributed by atoms with Gasteiger partial charge >= 0.3 is 0 Å². The molecule has 2 nitrogen and oxygen atoms in total. The molecule has 0 spiro atoms. The molecule has 0 aliphatic rings. The molecule has 0 radical (unpaired) electrons. The van der Waals surface area contributed by atoms with Gasteiger partial charge in [0.05, 0.1) is 6.61 Å². The molecule has 0 unspecified atom stereocenters. The van der Waals surface area contributed by atoms with Crippen molar-refractivity contribution < 1.29 is 4.74 Å². The lowest BCUT2D eigenvalue weighted by atomic mass is 10.2. The zero-order valence-corrected chi connectivity index (χ0v) is 14.1. The molecule has 0 fully saturated rings. The first-order valence-corrected chi connectivity index (χ1v) is 8.56. The van der Waals surface area contributed by atoms with Crippen molar-refractivity contribution in [2.75, 3.05) is 25.5 Å². The third kappa shape index (κ3) is 8.62. The van der Waals surface area contributed by atoms with Crippen LogP contribution >= 0.6 is 11.8 Å². The van der Waals surface area contributed by atoms with Crippen LogP contribution in [0.2, 0.25) is 0 Å². The van der Waals surface area contributed by atoms with E-state index in [-0.39, 0.29) is 0 Å². The Balaban J connectivity index is 2.18. The maximum absolute atomic E-state index is 5.59. The maximum Gasteiger partial charge on any atom is 0.0560 e. The van der Waals surface area contributed by atoms with Crippen LogP contribution in [0.1, 0.15) is 33.3 Å². The molecule has 1 aromatic rings. The van der Waals surface area contributed by atoms with Gasteiger partial charge in [0.15, 0.2) is 0 Å². The summed E-state index contributed by atoms with van der Waals surface area (Å²) in [5.41, 5.74) is 1.35. The Bertz CT molecular complexity index is 349. The normalized spacial score (nSPS) is 11.5. The Kier molecular flexibility index (Phi) is 8.99. The van der Waals surface area contributed by atoms with Crippen LogP contribution in [0.3, 0.4) is 0 Å². The SMILES string of the molecule is CC(C)CNCc1ccc(SCCOCC(C)C)cc1. The van der Waals surface area contributed by atoms with Gasteiger partial charge in [-0.05, 0) is 36.1 Å². The third-order valence-corrected chi connectivity index (χ3v) is 3.73. The summed E-state index contributed by atoms with van der Waals surface area (Å²) < 4.78 is 5.59. The second-order valence-corrected chi connectivity index (χ2v) is 7.15. The van der Waals surface area contributed by atoms with Crippen molar-refractivity contribution in [3.63, 3.8) is 0 Å². The summed E-state index contributed by atoms with van der Waals surface area (Å²) in [4.78, 5) is 1.32. The predicted molar refractivity (Wildman–Crippen MR) is 89.4 cm³/mol. The van der Waals surface area contributed by atoms with Gasteiger partial charge in [-0.1, -0.05) is 39.8 Å². The monoisotopic (exact) mass is 295 g/mol. The molecule has 3 heteroatoms. The van der Waals surface area contributed by atoms with Crippen LogP contribution in [0.5, 0.6) is 0 Å². The lowest BCUT2D eigenvalue weighted by Crippen LogP contribution is -2.18. The molecule has 20 heavy (non-hydrogen) atoms. The largest absolute Gasteiger partial charge is 0.380 e. The summed E-state index contributed by atoms with van der Waals surface area (Å²) >= 11 is 1.86. The molecule has 1 N–H and O–H groups in total. The molecule has 0 aliphatic heterocycles. The third-order valence-electron chi connectivity index (χ3n) is 2.75. The highest BCUT2D eigenvalue weighted by Crippen LogP contribution is 2.18. The Hall–Kier alpha value is -0.510. The van der Waals surface area contributed by atoms with E-state index < -0.39 is 0 Å². The van der Waals surface area contributed by atoms with Crippen molar-refractivity contribution in [2.45, 2.75) is 39.1 Å². The van der Waals surface area contributed by atoms with Gasteiger partial charge in [-0.15, -0.1) is 11.8 Å². The van der Waals surface area contributed by atoms with Crippen LogP contribution < -0.4 is 5.32 Å². The van der Waals surface area contributed by atoms with Crippen LogP contribution in [0.25, 0.3) is 0 Å². The molecule has 0 amide bonds. The van der Waals surface area contributed by atoms with E-state index in [2.05, 4.69) is 57.3 Å². The van der Waals surface area contributed by atoms with Crippen LogP contribution in [0.4, 0.5) is 0 Å². The quantitative estimate of drug-likeness (QED) is 0.516. The number of nitrogens with one attached hydrogen (secondary N) is 1. The Morgan fingerprint density at radius 3 is 2.35 bits per heavy atom. The minimum Gasteiger partial charge on any atom is -0.380 e. The van der Waals surface area contributed by atoms with Crippen molar-refractivity contribution in [2.24, 2.45) is 11.8 Å². The van der Waals surface area contributed by atoms with Gasteiger partial charge in [-0.3, -0.25) is 0 Å². The minimum atomic E-state index is 0.623. The molecular formula is C17H29NOS. The average molecular weight is 295 g/mol. The van der Waals surface area contributed by atoms with E-state index >= 15 is 0 Å². The van der Waals surface area contributed by atoms with Crippen LogP contribution in [0, 0.1) is 11.8 Å². The number of hydrogen-bond donors (Lipinski definition) is 1. The van der Waals surface area contributed by atoms with Crippen molar-refractivity contribution in [1.29, 1.82) is 0 Å². The summed E-state index contributed by atoms with van der Waals surface area (Å²) in [6, 6.07) is 8.84. The molecule has 0 heterocycles. The molecular weight excluding hydrogens is 266 g/mol. The van der Waals surface area contributed by atoms with Gasteiger partial charge in [0, 0.05) is 23.8 Å². The van der Waals surface area contributed by atoms with E-state index in [1.165, 1.54) is 10.5 Å². The fourth-order valence-corrected chi connectivity index (χ4v) is 2.51. The lowest BCUT2D eigenvalue weighted by Gasteiger charge is -2.09. The molecule has 0 atom stereocenters. The van der Waals surface area contributed by atoms with E-state index in [0.717, 1.165) is 32.1 Å². The fourth-order valence-electron chi connectivity index (χ4n) is 1.75. The van der Waals surface area contributed by atoms with Crippen LogP contribution in [0.15, 0.2) is 29.2 Å². The van der Waals surface area contributed by atoms with Crippen LogP contribution in [-0.2, 0) is 11.3 Å². The standard InChI is InChI=1S/C17H29NOS/c1-14(2)11-18-12-16-5-7-17(8-6-16)20-10-9-19-13-15(3)4/h5-8,14-15,18H,9-13H2,1-4H3. The Labute approximate surface area is 128 Å². The highest BCUT2D eigenvalue weighted by molar-refractivity contribution is 7.99. The fraction of sp³-hybridized carbons (Fsp3) is 0.647. The zero-order chi connectivity index (χ0) is 14.8. The molecule has 0 aromatic heterocycles.